The minimum Gasteiger partial charge on any atom is -0.343 e. The third kappa shape index (κ3) is 8.28. The predicted molar refractivity (Wildman–Crippen MR) is 185 cm³/mol. The molecule has 48 heavy (non-hydrogen) atoms. The predicted octanol–water partition coefficient (Wildman–Crippen LogP) is 4.19. The van der Waals surface area contributed by atoms with E-state index in [4.69, 9.17) is 0 Å². The van der Waals surface area contributed by atoms with Crippen molar-refractivity contribution in [1.82, 2.24) is 30.3 Å². The van der Waals surface area contributed by atoms with Crippen molar-refractivity contribution < 1.29 is 24.0 Å². The van der Waals surface area contributed by atoms with E-state index in [0.29, 0.717) is 57.3 Å². The average molecular weight is 663 g/mol. The summed E-state index contributed by atoms with van der Waals surface area (Å²) in [5.74, 6) is -1.44. The van der Waals surface area contributed by atoms with Crippen LogP contribution >= 0.6 is 0 Å². The van der Waals surface area contributed by atoms with E-state index in [9.17, 15) is 24.0 Å². The number of aromatic nitrogens is 1. The molecular formula is C37H54N6O5. The van der Waals surface area contributed by atoms with Crippen LogP contribution in [0.15, 0.2) is 30.5 Å². The Kier molecular flexibility index (Phi) is 12.3. The van der Waals surface area contributed by atoms with Gasteiger partial charge in [-0.3, -0.25) is 28.9 Å². The maximum atomic E-state index is 14.4. The van der Waals surface area contributed by atoms with Crippen molar-refractivity contribution >= 4 is 40.3 Å². The summed E-state index contributed by atoms with van der Waals surface area (Å²) < 4.78 is 2.14. The Bertz CT molecular complexity index is 1470. The lowest BCUT2D eigenvalue weighted by Crippen LogP contribution is -2.62. The highest BCUT2D eigenvalue weighted by molar-refractivity contribution is 6.00. The molecule has 5 unspecified atom stereocenters. The minimum atomic E-state index is -1.08. The van der Waals surface area contributed by atoms with Crippen LogP contribution in [0.3, 0.4) is 0 Å². The van der Waals surface area contributed by atoms with Crippen molar-refractivity contribution in [3.05, 3.63) is 36.0 Å². The number of fused-ring (bicyclic) bond motifs is 2. The number of benzene rings is 1. The van der Waals surface area contributed by atoms with Crippen LogP contribution in [0.25, 0.3) is 10.9 Å². The summed E-state index contributed by atoms with van der Waals surface area (Å²) in [6, 6.07) is 4.37. The molecule has 0 radical (unpaired) electrons. The highest BCUT2D eigenvalue weighted by Gasteiger charge is 2.41. The van der Waals surface area contributed by atoms with E-state index in [1.165, 1.54) is 0 Å². The second-order valence-corrected chi connectivity index (χ2v) is 13.9. The molecule has 1 aromatic carbocycles. The molecule has 5 atom stereocenters. The molecule has 3 fully saturated rings. The number of amides is 4. The van der Waals surface area contributed by atoms with Gasteiger partial charge in [0, 0.05) is 42.0 Å². The summed E-state index contributed by atoms with van der Waals surface area (Å²) in [6.45, 7) is 8.89. The fraction of sp³-hybridized carbons (Fsp3) is 0.649. The third-order valence-corrected chi connectivity index (χ3v) is 10.6. The Morgan fingerprint density at radius 2 is 1.62 bits per heavy atom. The highest BCUT2D eigenvalue weighted by Crippen LogP contribution is 2.30. The number of carbonyl (C=O) groups is 5. The number of hydrogen-bond acceptors (Lipinski definition) is 6. The van der Waals surface area contributed by atoms with Gasteiger partial charge < -0.3 is 25.4 Å². The molecule has 3 aliphatic heterocycles. The second kappa shape index (κ2) is 16.6. The van der Waals surface area contributed by atoms with E-state index >= 15 is 0 Å². The van der Waals surface area contributed by atoms with Crippen molar-refractivity contribution in [1.29, 1.82) is 0 Å². The Balaban J connectivity index is 1.51. The number of piperidine rings is 1. The van der Waals surface area contributed by atoms with Crippen LogP contribution in [0.1, 0.15) is 109 Å². The van der Waals surface area contributed by atoms with E-state index in [0.717, 1.165) is 62.5 Å². The number of nitrogens with zero attached hydrogens (tertiary/aromatic N) is 3. The average Bonchev–Trinajstić information content (AvgIpc) is 3.75. The van der Waals surface area contributed by atoms with Crippen molar-refractivity contribution in [3.8, 4) is 0 Å². The number of nitrogens with one attached hydrogen (secondary N) is 3. The summed E-state index contributed by atoms with van der Waals surface area (Å²) in [5.41, 5.74) is 1.62. The van der Waals surface area contributed by atoms with Crippen LogP contribution in [0.4, 0.5) is 0 Å². The van der Waals surface area contributed by atoms with Crippen LogP contribution in [0.5, 0.6) is 0 Å². The van der Waals surface area contributed by atoms with Crippen molar-refractivity contribution in [3.63, 3.8) is 0 Å². The number of ketones is 1. The zero-order valence-electron chi connectivity index (χ0n) is 29.0. The minimum absolute atomic E-state index is 0.185. The number of para-hydroxylation sites is 1. The fourth-order valence-corrected chi connectivity index (χ4v) is 7.42. The first-order valence-electron chi connectivity index (χ1n) is 18.2. The molecule has 0 aliphatic carbocycles. The summed E-state index contributed by atoms with van der Waals surface area (Å²) in [6.07, 6.45) is 10.4. The van der Waals surface area contributed by atoms with E-state index in [1.54, 1.807) is 4.90 Å². The Labute approximate surface area is 284 Å². The van der Waals surface area contributed by atoms with Gasteiger partial charge in [0.1, 0.15) is 30.0 Å². The zero-order chi connectivity index (χ0) is 34.2. The number of Topliss-reactive ketones (excluding diaryl/α,β-unsaturated/α-hetero) is 1. The zero-order valence-corrected chi connectivity index (χ0v) is 29.0. The van der Waals surface area contributed by atoms with Crippen molar-refractivity contribution in [2.24, 2.45) is 5.92 Å². The van der Waals surface area contributed by atoms with Gasteiger partial charge in [-0.05, 0) is 70.0 Å². The summed E-state index contributed by atoms with van der Waals surface area (Å²) in [5, 5.41) is 9.94. The van der Waals surface area contributed by atoms with Crippen LogP contribution in [-0.4, -0.2) is 81.5 Å². The smallest absolute Gasteiger partial charge is 0.247 e. The highest BCUT2D eigenvalue weighted by atomic mass is 16.2. The summed E-state index contributed by atoms with van der Waals surface area (Å²) in [4.78, 5) is 72.5. The van der Waals surface area contributed by atoms with Gasteiger partial charge in [-0.1, -0.05) is 58.2 Å². The Morgan fingerprint density at radius 3 is 2.38 bits per heavy atom. The molecule has 5 rings (SSSR count). The molecule has 1 aromatic heterocycles. The normalized spacial score (nSPS) is 25.1. The SMILES string of the molecule is CCC(=O)CCCCCC1NC(=O)C2CCCCN2C(=O)C(C(C)CC)NC(=O)C(c2cn(CN3CCCC3)c3ccccc23)NC1=O. The number of rotatable bonds is 12. The molecule has 3 N–H and O–H groups in total. The summed E-state index contributed by atoms with van der Waals surface area (Å²) >= 11 is 0. The molecule has 2 aromatic rings. The van der Waals surface area contributed by atoms with Crippen molar-refractivity contribution in [2.75, 3.05) is 19.6 Å². The first-order chi connectivity index (χ1) is 23.2. The van der Waals surface area contributed by atoms with E-state index in [1.807, 2.05) is 51.2 Å². The molecule has 0 saturated carbocycles. The molecule has 11 nitrogen and oxygen atoms in total. The lowest BCUT2D eigenvalue weighted by Gasteiger charge is -2.39. The summed E-state index contributed by atoms with van der Waals surface area (Å²) in [7, 11) is 0. The Hall–Kier alpha value is -3.73. The largest absolute Gasteiger partial charge is 0.343 e. The van der Waals surface area contributed by atoms with Gasteiger partial charge in [-0.15, -0.1) is 0 Å². The monoisotopic (exact) mass is 662 g/mol. The van der Waals surface area contributed by atoms with E-state index < -0.39 is 36.0 Å². The molecule has 11 heteroatoms. The molecule has 0 bridgehead atoms. The van der Waals surface area contributed by atoms with Crippen LogP contribution < -0.4 is 16.0 Å². The molecule has 4 heterocycles. The van der Waals surface area contributed by atoms with E-state index in [2.05, 4.69) is 25.4 Å². The second-order valence-electron chi connectivity index (χ2n) is 13.9. The maximum absolute atomic E-state index is 14.4. The molecule has 3 saturated heterocycles. The molecule has 262 valence electrons. The first kappa shape index (κ1) is 35.6. The van der Waals surface area contributed by atoms with Gasteiger partial charge in [0.15, 0.2) is 0 Å². The van der Waals surface area contributed by atoms with Crippen LogP contribution in [-0.2, 0) is 30.6 Å². The van der Waals surface area contributed by atoms with Gasteiger partial charge in [0.25, 0.3) is 0 Å². The lowest BCUT2D eigenvalue weighted by molar-refractivity contribution is -0.147. The standard InChI is InChI=1S/C37H54N6O5/c1-4-25(3)32-37(48)43-22-12-11-19-31(43)35(46)38-29(17-8-6-7-15-26(44)5-2)34(45)40-33(36(47)39-32)28-23-42(24-41-20-13-14-21-41)30-18-10-9-16-27(28)30/h9-10,16,18,23,25,29,31-33H,4-8,11-15,17,19-22,24H2,1-3H3,(H,38,46)(H,39,47)(H,40,45). The molecule has 3 aliphatic rings. The fourth-order valence-electron chi connectivity index (χ4n) is 7.42. The molecule has 0 spiro atoms. The van der Waals surface area contributed by atoms with Gasteiger partial charge in [-0.25, -0.2) is 0 Å². The van der Waals surface area contributed by atoms with Crippen molar-refractivity contribution in [2.45, 2.75) is 129 Å². The van der Waals surface area contributed by atoms with E-state index in [-0.39, 0.29) is 23.5 Å². The molecular weight excluding hydrogens is 608 g/mol. The maximum Gasteiger partial charge on any atom is 0.247 e. The van der Waals surface area contributed by atoms with Crippen LogP contribution in [0.2, 0.25) is 0 Å². The van der Waals surface area contributed by atoms with Gasteiger partial charge in [-0.2, -0.15) is 0 Å². The first-order valence-corrected chi connectivity index (χ1v) is 18.2. The van der Waals surface area contributed by atoms with Gasteiger partial charge in [0.2, 0.25) is 23.6 Å². The number of likely N-dealkylation sites (tertiary alicyclic amines) is 1. The third-order valence-electron chi connectivity index (χ3n) is 10.6. The topological polar surface area (TPSA) is 133 Å². The van der Waals surface area contributed by atoms with Crippen LogP contribution in [0, 0.1) is 5.92 Å². The lowest BCUT2D eigenvalue weighted by atomic mass is 9.93. The quantitative estimate of drug-likeness (QED) is 0.292. The van der Waals surface area contributed by atoms with Gasteiger partial charge >= 0.3 is 0 Å². The number of carbonyl (C=O) groups excluding carboxylic acids is 5. The number of unbranched alkanes of at least 4 members (excludes halogenated alkanes) is 2. The number of hydrogen-bond donors (Lipinski definition) is 3. The van der Waals surface area contributed by atoms with Gasteiger partial charge in [0.05, 0.1) is 6.67 Å². The molecule has 4 amide bonds. The Morgan fingerprint density at radius 1 is 0.875 bits per heavy atom.